The summed E-state index contributed by atoms with van der Waals surface area (Å²) in [6.07, 6.45) is -0.613. The minimum atomic E-state index is -1.62. The van der Waals surface area contributed by atoms with Crippen molar-refractivity contribution in [3.63, 3.8) is 0 Å². The highest BCUT2D eigenvalue weighted by Gasteiger charge is 2.62. The summed E-state index contributed by atoms with van der Waals surface area (Å²) < 4.78 is 26.3. The maximum atomic E-state index is 15.4. The number of anilines is 1. The van der Waals surface area contributed by atoms with Crippen LogP contribution in [-0.4, -0.2) is 48.3 Å². The number of aryl methyl sites for hydroxylation is 1. The van der Waals surface area contributed by atoms with Crippen LogP contribution in [0.4, 0.5) is 14.9 Å². The van der Waals surface area contributed by atoms with Gasteiger partial charge in [0.25, 0.3) is 0 Å². The van der Waals surface area contributed by atoms with Crippen molar-refractivity contribution in [3.05, 3.63) is 23.1 Å². The molecule has 4 heterocycles. The summed E-state index contributed by atoms with van der Waals surface area (Å²) in [5.41, 5.74) is -0.298. The predicted molar refractivity (Wildman–Crippen MR) is 93.1 cm³/mol. The van der Waals surface area contributed by atoms with Crippen molar-refractivity contribution in [2.45, 2.75) is 32.4 Å². The molecule has 9 nitrogen and oxygen atoms in total. The van der Waals surface area contributed by atoms with E-state index in [1.54, 1.807) is 24.8 Å². The predicted octanol–water partition coefficient (Wildman–Crippen LogP) is 0.778. The number of carbonyl (C=O) groups is 3. The summed E-state index contributed by atoms with van der Waals surface area (Å²) in [7, 11) is 0. The Hall–Kier alpha value is -3.01. The fourth-order valence-corrected chi connectivity index (χ4v) is 4.78. The first-order chi connectivity index (χ1) is 13.3. The number of halogens is 1. The molecule has 0 radical (unpaired) electrons. The molecule has 1 aromatic carbocycles. The van der Waals surface area contributed by atoms with E-state index in [9.17, 15) is 14.4 Å². The fourth-order valence-electron chi connectivity index (χ4n) is 4.78. The third-order valence-electron chi connectivity index (χ3n) is 5.96. The number of urea groups is 1. The summed E-state index contributed by atoms with van der Waals surface area (Å²) in [6.45, 7) is 4.01. The van der Waals surface area contributed by atoms with Crippen LogP contribution >= 0.6 is 0 Å². The summed E-state index contributed by atoms with van der Waals surface area (Å²) in [5, 5.41) is 8.71. The average Bonchev–Trinajstić information content (AvgIpc) is 3.00. The largest absolute Gasteiger partial charge is 0.374 e. The van der Waals surface area contributed by atoms with Gasteiger partial charge in [-0.3, -0.25) is 20.2 Å². The van der Waals surface area contributed by atoms with Crippen LogP contribution in [0.5, 0.6) is 0 Å². The van der Waals surface area contributed by atoms with Gasteiger partial charge < -0.3 is 14.2 Å². The highest BCUT2D eigenvalue weighted by Crippen LogP contribution is 2.48. The Morgan fingerprint density at radius 3 is 2.71 bits per heavy atom. The highest BCUT2D eigenvalue weighted by atomic mass is 19.1. The van der Waals surface area contributed by atoms with E-state index in [0.29, 0.717) is 23.3 Å². The Bertz CT molecular complexity index is 1040. The number of morpholine rings is 1. The smallest absolute Gasteiger partial charge is 0.328 e. The lowest BCUT2D eigenvalue weighted by molar-refractivity contribution is -0.151. The Kier molecular flexibility index (Phi) is 3.36. The van der Waals surface area contributed by atoms with Crippen molar-refractivity contribution in [2.24, 2.45) is 5.41 Å². The number of rotatable bonds is 0. The van der Waals surface area contributed by atoms with E-state index in [0.717, 1.165) is 0 Å². The standard InChI is InChI=1S/C18H17FN4O5/c1-7-10-5-9-6-18(15(24)20-17(26)21-16(18)25)14-8(2)27-4-3-23(14)12(9)11(19)13(10)28-22-7/h5,8,14H,3-4,6H2,1-2H3,(H2,20,21,24,25,26)/t8-,14?/m0/s1. The van der Waals surface area contributed by atoms with E-state index in [4.69, 9.17) is 9.26 Å². The first kappa shape index (κ1) is 17.1. The normalized spacial score (nSPS) is 26.1. The number of amides is 4. The van der Waals surface area contributed by atoms with Crippen LogP contribution < -0.4 is 15.5 Å². The molecule has 5 rings (SSSR count). The number of nitrogens with zero attached hydrogens (tertiary/aromatic N) is 2. The maximum absolute atomic E-state index is 15.4. The minimum absolute atomic E-state index is 0.0396. The average molecular weight is 388 g/mol. The van der Waals surface area contributed by atoms with E-state index in [1.165, 1.54) is 0 Å². The van der Waals surface area contributed by atoms with E-state index < -0.39 is 41.2 Å². The van der Waals surface area contributed by atoms with Crippen molar-refractivity contribution in [1.82, 2.24) is 15.8 Å². The Labute approximate surface area is 158 Å². The van der Waals surface area contributed by atoms with E-state index in [1.807, 2.05) is 0 Å². The molecule has 2 fully saturated rings. The van der Waals surface area contributed by atoms with E-state index >= 15 is 4.39 Å². The molecule has 0 aliphatic carbocycles. The van der Waals surface area contributed by atoms with Crippen LogP contribution in [0.25, 0.3) is 11.0 Å². The van der Waals surface area contributed by atoms with Gasteiger partial charge in [-0.15, -0.1) is 0 Å². The summed E-state index contributed by atoms with van der Waals surface area (Å²) in [6, 6.07) is 0.0611. The minimum Gasteiger partial charge on any atom is -0.374 e. The van der Waals surface area contributed by atoms with Gasteiger partial charge in [0.1, 0.15) is 0 Å². The number of imide groups is 2. The van der Waals surface area contributed by atoms with E-state index in [2.05, 4.69) is 15.8 Å². The first-order valence-corrected chi connectivity index (χ1v) is 8.97. The lowest BCUT2D eigenvalue weighted by atomic mass is 9.66. The van der Waals surface area contributed by atoms with Gasteiger partial charge in [-0.25, -0.2) is 9.18 Å². The van der Waals surface area contributed by atoms with Gasteiger partial charge in [0.15, 0.2) is 11.2 Å². The Morgan fingerprint density at radius 2 is 2.00 bits per heavy atom. The molecular weight excluding hydrogens is 371 g/mol. The van der Waals surface area contributed by atoms with Gasteiger partial charge in [0, 0.05) is 18.4 Å². The topological polar surface area (TPSA) is 114 Å². The van der Waals surface area contributed by atoms with Crippen LogP contribution in [0.2, 0.25) is 0 Å². The number of fused-ring (bicyclic) bond motifs is 5. The highest BCUT2D eigenvalue weighted by molar-refractivity contribution is 6.20. The Morgan fingerprint density at radius 1 is 1.29 bits per heavy atom. The zero-order valence-electron chi connectivity index (χ0n) is 15.2. The van der Waals surface area contributed by atoms with Crippen LogP contribution in [0.15, 0.2) is 10.6 Å². The molecule has 4 amide bonds. The lowest BCUT2D eigenvalue weighted by Crippen LogP contribution is -2.74. The maximum Gasteiger partial charge on any atom is 0.328 e. The zero-order valence-corrected chi connectivity index (χ0v) is 15.2. The van der Waals surface area contributed by atoms with Crippen molar-refractivity contribution in [2.75, 3.05) is 18.1 Å². The molecule has 1 spiro atoms. The zero-order chi connectivity index (χ0) is 19.8. The fraction of sp³-hybridized carbons (Fsp3) is 0.444. The molecule has 0 saturated carbocycles. The molecule has 2 saturated heterocycles. The molecule has 0 bridgehead atoms. The molecule has 10 heteroatoms. The van der Waals surface area contributed by atoms with Gasteiger partial charge in [-0.2, -0.15) is 0 Å². The van der Waals surface area contributed by atoms with Crippen molar-refractivity contribution >= 4 is 34.5 Å². The van der Waals surface area contributed by atoms with Crippen LogP contribution in [0, 0.1) is 18.2 Å². The lowest BCUT2D eigenvalue weighted by Gasteiger charge is -2.54. The number of hydrogen-bond acceptors (Lipinski definition) is 7. The molecule has 3 aliphatic heterocycles. The van der Waals surface area contributed by atoms with Gasteiger partial charge in [-0.1, -0.05) is 5.16 Å². The third kappa shape index (κ3) is 1.98. The first-order valence-electron chi connectivity index (χ1n) is 8.97. The summed E-state index contributed by atoms with van der Waals surface area (Å²) in [5.74, 6) is -1.99. The number of ether oxygens (including phenoxy) is 1. The van der Waals surface area contributed by atoms with Gasteiger partial charge in [-0.05, 0) is 25.5 Å². The van der Waals surface area contributed by atoms with Crippen molar-refractivity contribution in [3.8, 4) is 0 Å². The van der Waals surface area contributed by atoms with Crippen molar-refractivity contribution < 1.29 is 28.0 Å². The van der Waals surface area contributed by atoms with Gasteiger partial charge in [0.2, 0.25) is 17.4 Å². The SMILES string of the molecule is Cc1noc2c(F)c3c(cc12)CC1(C(=O)NC(=O)NC1=O)C1[C@H](C)OCCN31. The monoisotopic (exact) mass is 388 g/mol. The molecule has 3 aliphatic rings. The number of benzene rings is 1. The van der Waals surface area contributed by atoms with Gasteiger partial charge >= 0.3 is 6.03 Å². The number of hydrogen-bond donors (Lipinski definition) is 2. The molecule has 2 aromatic rings. The quantitative estimate of drug-likeness (QED) is 0.641. The summed E-state index contributed by atoms with van der Waals surface area (Å²) >= 11 is 0. The third-order valence-corrected chi connectivity index (χ3v) is 5.96. The molecule has 1 aromatic heterocycles. The molecular formula is C18H17FN4O5. The number of carbonyl (C=O) groups excluding carboxylic acids is 3. The second kappa shape index (κ2) is 5.51. The van der Waals surface area contributed by atoms with Crippen LogP contribution in [0.3, 0.4) is 0 Å². The molecule has 2 atom stereocenters. The van der Waals surface area contributed by atoms with Crippen LogP contribution in [0.1, 0.15) is 18.2 Å². The number of barbiturate groups is 1. The molecule has 1 unspecified atom stereocenters. The molecule has 2 N–H and O–H groups in total. The second-order valence-electron chi connectivity index (χ2n) is 7.44. The number of aromatic nitrogens is 1. The molecule has 146 valence electrons. The summed E-state index contributed by atoms with van der Waals surface area (Å²) in [4.78, 5) is 39.3. The van der Waals surface area contributed by atoms with Crippen molar-refractivity contribution in [1.29, 1.82) is 0 Å². The molecule has 28 heavy (non-hydrogen) atoms. The van der Waals surface area contributed by atoms with Gasteiger partial charge in [0.05, 0.1) is 30.1 Å². The number of nitrogens with one attached hydrogen (secondary N) is 2. The van der Waals surface area contributed by atoms with E-state index in [-0.39, 0.29) is 24.2 Å². The Balaban J connectivity index is 1.79. The second-order valence-corrected chi connectivity index (χ2v) is 7.44. The van der Waals surface area contributed by atoms with Crippen LogP contribution in [-0.2, 0) is 20.7 Å².